The number of rotatable bonds is 5. The van der Waals surface area contributed by atoms with Crippen molar-refractivity contribution in [1.29, 1.82) is 0 Å². The molecule has 2 saturated heterocycles. The lowest BCUT2D eigenvalue weighted by Crippen LogP contribution is -2.50. The van der Waals surface area contributed by atoms with Gasteiger partial charge in [-0.05, 0) is 18.4 Å². The quantitative estimate of drug-likeness (QED) is 0.860. The fourth-order valence-corrected chi connectivity index (χ4v) is 3.54. The summed E-state index contributed by atoms with van der Waals surface area (Å²) in [7, 11) is 1.70. The normalized spacial score (nSPS) is 21.5. The predicted molar refractivity (Wildman–Crippen MR) is 93.6 cm³/mol. The van der Waals surface area contributed by atoms with Gasteiger partial charge in [0, 0.05) is 39.5 Å². The fourth-order valence-electron chi connectivity index (χ4n) is 3.54. The van der Waals surface area contributed by atoms with E-state index >= 15 is 0 Å². The molecular weight excluding hydrogens is 318 g/mol. The summed E-state index contributed by atoms with van der Waals surface area (Å²) in [6.45, 7) is 1.93. The Morgan fingerprint density at radius 2 is 1.88 bits per heavy atom. The summed E-state index contributed by atoms with van der Waals surface area (Å²) in [5.41, 5.74) is 1.01. The molecule has 6 heteroatoms. The molecular formula is C19H25N3O3. The van der Waals surface area contributed by atoms with Crippen molar-refractivity contribution in [3.05, 3.63) is 35.9 Å². The number of carbonyl (C=O) groups excluding carboxylic acids is 3. The first-order valence-electron chi connectivity index (χ1n) is 8.91. The molecule has 0 unspecified atom stereocenters. The van der Waals surface area contributed by atoms with Gasteiger partial charge in [-0.1, -0.05) is 30.3 Å². The monoisotopic (exact) mass is 343 g/mol. The highest BCUT2D eigenvalue weighted by molar-refractivity contribution is 5.92. The third-order valence-electron chi connectivity index (χ3n) is 5.03. The molecule has 1 aromatic carbocycles. The van der Waals surface area contributed by atoms with Gasteiger partial charge < -0.3 is 15.1 Å². The first-order valence-corrected chi connectivity index (χ1v) is 8.91. The Morgan fingerprint density at radius 1 is 1.20 bits per heavy atom. The number of hydrogen-bond acceptors (Lipinski definition) is 3. The Labute approximate surface area is 148 Å². The van der Waals surface area contributed by atoms with E-state index in [1.807, 2.05) is 35.2 Å². The van der Waals surface area contributed by atoms with Crippen molar-refractivity contribution in [3.63, 3.8) is 0 Å². The molecule has 2 fully saturated rings. The zero-order valence-electron chi connectivity index (χ0n) is 14.6. The van der Waals surface area contributed by atoms with Crippen LogP contribution in [0, 0.1) is 5.92 Å². The molecule has 2 heterocycles. The molecule has 3 rings (SSSR count). The maximum Gasteiger partial charge on any atom is 0.245 e. The van der Waals surface area contributed by atoms with Gasteiger partial charge in [0.15, 0.2) is 0 Å². The maximum atomic E-state index is 12.9. The van der Waals surface area contributed by atoms with Crippen LogP contribution in [0.5, 0.6) is 0 Å². The predicted octanol–water partition coefficient (Wildman–Crippen LogP) is 0.815. The van der Waals surface area contributed by atoms with Gasteiger partial charge in [-0.25, -0.2) is 0 Å². The molecule has 2 atom stereocenters. The smallest absolute Gasteiger partial charge is 0.245 e. The average molecular weight is 343 g/mol. The molecule has 1 aromatic rings. The SMILES string of the molecule is CN1C[C@@H](C(=O)N[C@@H](Cc2ccccc2)C(=O)N2CCCC2)CC1=O. The Morgan fingerprint density at radius 3 is 2.48 bits per heavy atom. The Hall–Kier alpha value is -2.37. The van der Waals surface area contributed by atoms with Gasteiger partial charge in [-0.15, -0.1) is 0 Å². The second-order valence-corrected chi connectivity index (χ2v) is 6.96. The summed E-state index contributed by atoms with van der Waals surface area (Å²) in [6, 6.07) is 9.14. The molecule has 2 aliphatic heterocycles. The number of hydrogen-bond donors (Lipinski definition) is 1. The minimum absolute atomic E-state index is 0.0209. The second kappa shape index (κ2) is 7.68. The van der Waals surface area contributed by atoms with Crippen LogP contribution in [-0.4, -0.2) is 60.2 Å². The van der Waals surface area contributed by atoms with E-state index < -0.39 is 6.04 Å². The molecule has 134 valence electrons. The van der Waals surface area contributed by atoms with Crippen LogP contribution < -0.4 is 5.32 Å². The Balaban J connectivity index is 1.70. The number of benzene rings is 1. The molecule has 0 aromatic heterocycles. The molecule has 2 aliphatic rings. The van der Waals surface area contributed by atoms with Gasteiger partial charge >= 0.3 is 0 Å². The molecule has 25 heavy (non-hydrogen) atoms. The molecule has 1 N–H and O–H groups in total. The second-order valence-electron chi connectivity index (χ2n) is 6.96. The Kier molecular flexibility index (Phi) is 5.36. The molecule has 0 bridgehead atoms. The third kappa shape index (κ3) is 4.18. The van der Waals surface area contributed by atoms with E-state index in [0.717, 1.165) is 31.5 Å². The van der Waals surface area contributed by atoms with Gasteiger partial charge in [0.2, 0.25) is 17.7 Å². The number of nitrogens with zero attached hydrogens (tertiary/aromatic N) is 2. The van der Waals surface area contributed by atoms with Crippen molar-refractivity contribution in [2.45, 2.75) is 31.7 Å². The van der Waals surface area contributed by atoms with Crippen LogP contribution in [0.3, 0.4) is 0 Å². The van der Waals surface area contributed by atoms with E-state index in [4.69, 9.17) is 0 Å². The minimum Gasteiger partial charge on any atom is -0.345 e. The zero-order chi connectivity index (χ0) is 17.8. The Bertz CT molecular complexity index is 641. The van der Waals surface area contributed by atoms with Crippen LogP contribution in [0.4, 0.5) is 0 Å². The van der Waals surface area contributed by atoms with Crippen molar-refractivity contribution in [1.82, 2.24) is 15.1 Å². The van der Waals surface area contributed by atoms with E-state index in [1.54, 1.807) is 11.9 Å². The molecule has 6 nitrogen and oxygen atoms in total. The molecule has 3 amide bonds. The maximum absolute atomic E-state index is 12.9. The van der Waals surface area contributed by atoms with Crippen LogP contribution in [0.25, 0.3) is 0 Å². The molecule has 0 aliphatic carbocycles. The number of nitrogens with one attached hydrogen (secondary N) is 1. The largest absolute Gasteiger partial charge is 0.345 e. The van der Waals surface area contributed by atoms with Gasteiger partial charge in [0.1, 0.15) is 6.04 Å². The van der Waals surface area contributed by atoms with E-state index in [-0.39, 0.29) is 30.1 Å². The lowest BCUT2D eigenvalue weighted by Gasteiger charge is -2.25. The first-order chi connectivity index (χ1) is 12.0. The third-order valence-corrected chi connectivity index (χ3v) is 5.03. The van der Waals surface area contributed by atoms with Crippen LogP contribution in [-0.2, 0) is 20.8 Å². The van der Waals surface area contributed by atoms with Crippen LogP contribution in [0.1, 0.15) is 24.8 Å². The number of carbonyl (C=O) groups is 3. The van der Waals surface area contributed by atoms with E-state index in [0.29, 0.717) is 13.0 Å². The summed E-state index contributed by atoms with van der Waals surface area (Å²) in [4.78, 5) is 40.5. The van der Waals surface area contributed by atoms with Crippen LogP contribution in [0.15, 0.2) is 30.3 Å². The fraction of sp³-hybridized carbons (Fsp3) is 0.526. The number of amides is 3. The highest BCUT2D eigenvalue weighted by atomic mass is 16.2. The molecule has 0 spiro atoms. The summed E-state index contributed by atoms with van der Waals surface area (Å²) in [6.07, 6.45) is 2.72. The lowest BCUT2D eigenvalue weighted by molar-refractivity contribution is -0.136. The highest BCUT2D eigenvalue weighted by Gasteiger charge is 2.35. The molecule has 0 saturated carbocycles. The lowest BCUT2D eigenvalue weighted by atomic mass is 10.0. The van der Waals surface area contributed by atoms with Crippen molar-refractivity contribution in [3.8, 4) is 0 Å². The van der Waals surface area contributed by atoms with Gasteiger partial charge in [-0.3, -0.25) is 14.4 Å². The summed E-state index contributed by atoms with van der Waals surface area (Å²) in [5, 5.41) is 2.92. The van der Waals surface area contributed by atoms with E-state index in [1.165, 1.54) is 0 Å². The molecule has 0 radical (unpaired) electrons. The summed E-state index contributed by atoms with van der Waals surface area (Å²) in [5.74, 6) is -0.619. The van der Waals surface area contributed by atoms with Crippen LogP contribution in [0.2, 0.25) is 0 Å². The summed E-state index contributed by atoms with van der Waals surface area (Å²) >= 11 is 0. The van der Waals surface area contributed by atoms with Crippen molar-refractivity contribution in [2.24, 2.45) is 5.92 Å². The standard InChI is InChI=1S/C19H25N3O3/c1-21-13-15(12-17(21)23)18(24)20-16(11-14-7-3-2-4-8-14)19(25)22-9-5-6-10-22/h2-4,7-8,15-16H,5-6,9-13H2,1H3,(H,20,24)/t15-,16-/m0/s1. The van der Waals surface area contributed by atoms with Gasteiger partial charge in [0.05, 0.1) is 5.92 Å². The van der Waals surface area contributed by atoms with E-state index in [9.17, 15) is 14.4 Å². The van der Waals surface area contributed by atoms with E-state index in [2.05, 4.69) is 5.32 Å². The van der Waals surface area contributed by atoms with Crippen LogP contribution >= 0.6 is 0 Å². The van der Waals surface area contributed by atoms with Crippen molar-refractivity contribution in [2.75, 3.05) is 26.7 Å². The topological polar surface area (TPSA) is 69.7 Å². The number of likely N-dealkylation sites (tertiary alicyclic amines) is 2. The van der Waals surface area contributed by atoms with Crippen molar-refractivity contribution >= 4 is 17.7 Å². The van der Waals surface area contributed by atoms with Gasteiger partial charge in [0.25, 0.3) is 0 Å². The van der Waals surface area contributed by atoms with Gasteiger partial charge in [-0.2, -0.15) is 0 Å². The highest BCUT2D eigenvalue weighted by Crippen LogP contribution is 2.18. The van der Waals surface area contributed by atoms with Crippen molar-refractivity contribution < 1.29 is 14.4 Å². The minimum atomic E-state index is -0.575. The zero-order valence-corrected chi connectivity index (χ0v) is 14.6. The average Bonchev–Trinajstić information content (AvgIpc) is 3.25. The first kappa shape index (κ1) is 17.5. The summed E-state index contributed by atoms with van der Waals surface area (Å²) < 4.78 is 0.